The zero-order valence-electron chi connectivity index (χ0n) is 11.2. The minimum atomic E-state index is 0.292. The first-order valence-electron chi connectivity index (χ1n) is 6.76. The number of aromatic nitrogens is 2. The van der Waals surface area contributed by atoms with Crippen LogP contribution in [0, 0.1) is 12.8 Å². The second-order valence-electron chi connectivity index (χ2n) is 5.42. The van der Waals surface area contributed by atoms with Gasteiger partial charge in [-0.2, -0.15) is 5.10 Å². The van der Waals surface area contributed by atoms with Crippen molar-refractivity contribution >= 4 is 11.6 Å². The van der Waals surface area contributed by atoms with Crippen LogP contribution in [0.15, 0.2) is 0 Å². The van der Waals surface area contributed by atoms with Crippen molar-refractivity contribution < 1.29 is 0 Å². The fraction of sp³-hybridized carbons (Fsp3) is 0.769. The van der Waals surface area contributed by atoms with Gasteiger partial charge in [0.2, 0.25) is 0 Å². The van der Waals surface area contributed by atoms with Crippen molar-refractivity contribution in [3.8, 4) is 0 Å². The van der Waals surface area contributed by atoms with Crippen LogP contribution in [0.2, 0.25) is 5.02 Å². The molecule has 1 aliphatic rings. The van der Waals surface area contributed by atoms with Crippen molar-refractivity contribution in [3.63, 3.8) is 0 Å². The zero-order chi connectivity index (χ0) is 13.1. The van der Waals surface area contributed by atoms with Gasteiger partial charge >= 0.3 is 0 Å². The number of nitrogens with two attached hydrogens (primary N) is 1. The Labute approximate surface area is 114 Å². The lowest BCUT2D eigenvalue weighted by Gasteiger charge is -2.20. The van der Waals surface area contributed by atoms with Crippen molar-refractivity contribution in [2.45, 2.75) is 51.5 Å². The van der Waals surface area contributed by atoms with Gasteiger partial charge in [-0.1, -0.05) is 37.3 Å². The second-order valence-corrected chi connectivity index (χ2v) is 5.80. The minimum Gasteiger partial charge on any atom is -0.271 e. The number of rotatable bonds is 5. The smallest absolute Gasteiger partial charge is 0.0847 e. The molecule has 0 spiro atoms. The molecular weight excluding hydrogens is 248 g/mol. The molecule has 1 unspecified atom stereocenters. The zero-order valence-corrected chi connectivity index (χ0v) is 12.0. The third kappa shape index (κ3) is 3.05. The molecule has 18 heavy (non-hydrogen) atoms. The average Bonchev–Trinajstić information content (AvgIpc) is 2.92. The predicted octanol–water partition coefficient (Wildman–Crippen LogP) is 2.34. The lowest BCUT2D eigenvalue weighted by Crippen LogP contribution is -2.38. The molecule has 0 aromatic carbocycles. The summed E-state index contributed by atoms with van der Waals surface area (Å²) < 4.78 is 1.87. The maximum atomic E-state index is 6.28. The third-order valence-corrected chi connectivity index (χ3v) is 4.52. The van der Waals surface area contributed by atoms with Gasteiger partial charge in [0, 0.05) is 19.5 Å². The van der Waals surface area contributed by atoms with E-state index in [9.17, 15) is 0 Å². The molecule has 0 saturated heterocycles. The van der Waals surface area contributed by atoms with Crippen LogP contribution in [-0.2, 0) is 13.5 Å². The summed E-state index contributed by atoms with van der Waals surface area (Å²) in [4.78, 5) is 0. The number of nitrogens with one attached hydrogen (secondary N) is 1. The molecule has 1 fully saturated rings. The van der Waals surface area contributed by atoms with E-state index in [2.05, 4.69) is 10.5 Å². The molecule has 0 aliphatic heterocycles. The largest absolute Gasteiger partial charge is 0.271 e. The van der Waals surface area contributed by atoms with Gasteiger partial charge in [-0.25, -0.2) is 0 Å². The fourth-order valence-corrected chi connectivity index (χ4v) is 3.23. The van der Waals surface area contributed by atoms with Crippen LogP contribution in [-0.4, -0.2) is 15.8 Å². The number of aryl methyl sites for hydroxylation is 2. The summed E-state index contributed by atoms with van der Waals surface area (Å²) in [6.07, 6.45) is 7.41. The van der Waals surface area contributed by atoms with E-state index in [1.807, 2.05) is 18.7 Å². The van der Waals surface area contributed by atoms with Gasteiger partial charge in [0.1, 0.15) is 0 Å². The van der Waals surface area contributed by atoms with E-state index in [1.165, 1.54) is 25.7 Å². The summed E-state index contributed by atoms with van der Waals surface area (Å²) in [5.41, 5.74) is 4.91. The Kier molecular flexibility index (Phi) is 4.65. The van der Waals surface area contributed by atoms with Crippen LogP contribution in [0.5, 0.6) is 0 Å². The molecule has 3 N–H and O–H groups in total. The molecule has 5 heteroatoms. The van der Waals surface area contributed by atoms with Crippen molar-refractivity contribution in [1.29, 1.82) is 0 Å². The van der Waals surface area contributed by atoms with E-state index < -0.39 is 0 Å². The highest BCUT2D eigenvalue weighted by Gasteiger charge is 2.22. The first-order valence-corrected chi connectivity index (χ1v) is 7.13. The molecule has 2 rings (SSSR count). The highest BCUT2D eigenvalue weighted by molar-refractivity contribution is 6.31. The Morgan fingerprint density at radius 1 is 1.50 bits per heavy atom. The Morgan fingerprint density at radius 2 is 2.17 bits per heavy atom. The first kappa shape index (κ1) is 13.8. The average molecular weight is 271 g/mol. The molecule has 1 aliphatic carbocycles. The van der Waals surface area contributed by atoms with E-state index in [4.69, 9.17) is 17.4 Å². The Balaban J connectivity index is 2.00. The van der Waals surface area contributed by atoms with E-state index in [-0.39, 0.29) is 0 Å². The molecule has 4 nitrogen and oxygen atoms in total. The molecule has 0 amide bonds. The first-order chi connectivity index (χ1) is 8.61. The molecule has 1 aromatic rings. The standard InChI is InChI=1S/C13H23ClN4/c1-9-13(14)12(18(2)17-9)8-11(16-15)7-10-5-3-4-6-10/h10-11,16H,3-8,15H2,1-2H3. The maximum Gasteiger partial charge on any atom is 0.0847 e. The van der Waals surface area contributed by atoms with Gasteiger partial charge in [0.05, 0.1) is 16.4 Å². The number of hydrogen-bond donors (Lipinski definition) is 2. The lowest BCUT2D eigenvalue weighted by atomic mass is 9.96. The maximum absolute atomic E-state index is 6.28. The lowest BCUT2D eigenvalue weighted by molar-refractivity contribution is 0.384. The molecular formula is C13H23ClN4. The highest BCUT2D eigenvalue weighted by Crippen LogP contribution is 2.30. The Hall–Kier alpha value is -0.580. The van der Waals surface area contributed by atoms with E-state index in [0.29, 0.717) is 6.04 Å². The predicted molar refractivity (Wildman–Crippen MR) is 74.3 cm³/mol. The van der Waals surface area contributed by atoms with Crippen molar-refractivity contribution in [2.75, 3.05) is 0 Å². The molecule has 1 saturated carbocycles. The number of nitrogens with zero attached hydrogens (tertiary/aromatic N) is 2. The third-order valence-electron chi connectivity index (χ3n) is 4.03. The van der Waals surface area contributed by atoms with Gasteiger partial charge in [-0.05, 0) is 19.3 Å². The molecule has 0 radical (unpaired) electrons. The fourth-order valence-electron chi connectivity index (χ4n) is 2.99. The molecule has 1 aromatic heterocycles. The van der Waals surface area contributed by atoms with Crippen molar-refractivity contribution in [3.05, 3.63) is 16.4 Å². The van der Waals surface area contributed by atoms with Crippen LogP contribution < -0.4 is 11.3 Å². The summed E-state index contributed by atoms with van der Waals surface area (Å²) in [5.74, 6) is 6.50. The minimum absolute atomic E-state index is 0.292. The second kappa shape index (κ2) is 6.04. The molecule has 1 atom stereocenters. The number of halogens is 1. The number of hydrazine groups is 1. The monoisotopic (exact) mass is 270 g/mol. The van der Waals surface area contributed by atoms with Gasteiger partial charge in [0.25, 0.3) is 0 Å². The van der Waals surface area contributed by atoms with Gasteiger partial charge < -0.3 is 0 Å². The van der Waals surface area contributed by atoms with E-state index >= 15 is 0 Å². The Bertz CT molecular complexity index is 396. The van der Waals surface area contributed by atoms with Crippen LogP contribution in [0.3, 0.4) is 0 Å². The molecule has 102 valence electrons. The quantitative estimate of drug-likeness (QED) is 0.638. The normalized spacial score (nSPS) is 18.4. The summed E-state index contributed by atoms with van der Waals surface area (Å²) in [5, 5.41) is 5.13. The summed E-state index contributed by atoms with van der Waals surface area (Å²) in [6, 6.07) is 0.292. The number of hydrogen-bond acceptors (Lipinski definition) is 3. The Morgan fingerprint density at radius 3 is 2.67 bits per heavy atom. The van der Waals surface area contributed by atoms with Crippen LogP contribution in [0.4, 0.5) is 0 Å². The molecule has 1 heterocycles. The molecule has 0 bridgehead atoms. The van der Waals surface area contributed by atoms with Gasteiger partial charge in [0.15, 0.2) is 0 Å². The SMILES string of the molecule is Cc1nn(C)c(CC(CC2CCCC2)NN)c1Cl. The van der Waals surface area contributed by atoms with E-state index in [1.54, 1.807) is 0 Å². The van der Waals surface area contributed by atoms with Crippen LogP contribution in [0.1, 0.15) is 43.5 Å². The topological polar surface area (TPSA) is 55.9 Å². The summed E-state index contributed by atoms with van der Waals surface area (Å²) in [7, 11) is 1.94. The summed E-state index contributed by atoms with van der Waals surface area (Å²) in [6.45, 7) is 1.94. The van der Waals surface area contributed by atoms with E-state index in [0.717, 1.165) is 35.2 Å². The van der Waals surface area contributed by atoms with Gasteiger partial charge in [-0.3, -0.25) is 16.0 Å². The van der Waals surface area contributed by atoms with Crippen LogP contribution >= 0.6 is 11.6 Å². The van der Waals surface area contributed by atoms with Crippen LogP contribution in [0.25, 0.3) is 0 Å². The van der Waals surface area contributed by atoms with Gasteiger partial charge in [-0.15, -0.1) is 0 Å². The van der Waals surface area contributed by atoms with Crippen molar-refractivity contribution in [2.24, 2.45) is 18.8 Å². The summed E-state index contributed by atoms with van der Waals surface area (Å²) >= 11 is 6.28. The highest BCUT2D eigenvalue weighted by atomic mass is 35.5. The van der Waals surface area contributed by atoms with Crippen molar-refractivity contribution in [1.82, 2.24) is 15.2 Å².